The third-order valence-electron chi connectivity index (χ3n) is 7.76. The minimum atomic E-state index is -0.304. The van der Waals surface area contributed by atoms with Crippen LogP contribution in [0, 0.1) is 24.1 Å². The van der Waals surface area contributed by atoms with E-state index in [0.717, 1.165) is 49.8 Å². The van der Waals surface area contributed by atoms with Crippen LogP contribution < -0.4 is 4.57 Å². The summed E-state index contributed by atoms with van der Waals surface area (Å²) in [6.45, 7) is 8.64. The molecule has 0 bridgehead atoms. The smallest absolute Gasteiger partial charge is 0.219 e. The van der Waals surface area contributed by atoms with Gasteiger partial charge in [-0.3, -0.25) is 0 Å². The maximum Gasteiger partial charge on any atom is 0.219 e. The Bertz CT molecular complexity index is 1950. The van der Waals surface area contributed by atoms with Gasteiger partial charge in [0.25, 0.3) is 0 Å². The maximum atomic E-state index is 14.3. The van der Waals surface area contributed by atoms with Gasteiger partial charge in [0.1, 0.15) is 24.0 Å². The van der Waals surface area contributed by atoms with Crippen LogP contribution in [0.4, 0.5) is 4.39 Å². The van der Waals surface area contributed by atoms with Crippen LogP contribution in [-0.2, 0) is 12.5 Å². The normalized spacial score (nSPS) is 11.7. The third-order valence-corrected chi connectivity index (χ3v) is 7.76. The summed E-state index contributed by atoms with van der Waals surface area (Å²) in [5.74, 6) is -0.304. The Morgan fingerprint density at radius 2 is 1.32 bits per heavy atom. The number of furan rings is 1. The van der Waals surface area contributed by atoms with Crippen molar-refractivity contribution in [2.75, 3.05) is 0 Å². The van der Waals surface area contributed by atoms with E-state index in [2.05, 4.69) is 75.4 Å². The van der Waals surface area contributed by atoms with Crippen LogP contribution in [0.25, 0.3) is 55.4 Å². The highest BCUT2D eigenvalue weighted by molar-refractivity contribution is 6.14. The molecule has 0 amide bonds. The molecule has 2 aromatic heterocycles. The number of halogens is 1. The molecule has 0 fully saturated rings. The highest BCUT2D eigenvalue weighted by atomic mass is 19.1. The number of aryl methyl sites for hydroxylation is 2. The summed E-state index contributed by atoms with van der Waals surface area (Å²) < 4.78 is 22.8. The van der Waals surface area contributed by atoms with E-state index in [9.17, 15) is 9.65 Å². The molecule has 0 atom stereocenters. The summed E-state index contributed by atoms with van der Waals surface area (Å²) in [4.78, 5) is 0. The second kappa shape index (κ2) is 9.47. The van der Waals surface area contributed by atoms with Gasteiger partial charge in [0.05, 0.1) is 17.2 Å². The van der Waals surface area contributed by atoms with Crippen LogP contribution in [0.2, 0.25) is 0 Å². The van der Waals surface area contributed by atoms with Gasteiger partial charge in [-0.25, -0.2) is 8.96 Å². The Kier molecular flexibility index (Phi) is 6.04. The van der Waals surface area contributed by atoms with Gasteiger partial charge in [-0.05, 0) is 52.3 Å². The van der Waals surface area contributed by atoms with Crippen LogP contribution >= 0.6 is 0 Å². The Hall–Kier alpha value is -4.75. The molecule has 4 aromatic carbocycles. The van der Waals surface area contributed by atoms with Crippen molar-refractivity contribution in [1.29, 1.82) is 5.26 Å². The maximum absolute atomic E-state index is 14.3. The molecule has 0 radical (unpaired) electrons. The van der Waals surface area contributed by atoms with Gasteiger partial charge in [0.15, 0.2) is 6.20 Å². The van der Waals surface area contributed by atoms with Crippen LogP contribution in [0.1, 0.15) is 37.5 Å². The van der Waals surface area contributed by atoms with Crippen molar-refractivity contribution in [3.05, 3.63) is 114 Å². The number of benzene rings is 4. The number of aromatic nitrogens is 1. The van der Waals surface area contributed by atoms with E-state index in [1.165, 1.54) is 17.7 Å². The minimum absolute atomic E-state index is 0.103. The summed E-state index contributed by atoms with van der Waals surface area (Å²) in [6, 6.07) is 30.2. The first-order chi connectivity index (χ1) is 19.2. The zero-order valence-electron chi connectivity index (χ0n) is 23.3. The van der Waals surface area contributed by atoms with E-state index >= 15 is 0 Å². The zero-order chi connectivity index (χ0) is 28.2. The van der Waals surface area contributed by atoms with Gasteiger partial charge in [-0.2, -0.15) is 5.26 Å². The molecule has 6 aromatic rings. The third kappa shape index (κ3) is 4.25. The lowest BCUT2D eigenvalue weighted by atomic mass is 9.86. The molecular formula is C36H30FN2O+. The second-order valence-corrected chi connectivity index (χ2v) is 11.5. The van der Waals surface area contributed by atoms with E-state index in [-0.39, 0.29) is 11.2 Å². The molecule has 40 heavy (non-hydrogen) atoms. The van der Waals surface area contributed by atoms with E-state index in [1.54, 1.807) is 6.20 Å². The van der Waals surface area contributed by atoms with Crippen LogP contribution in [-0.4, -0.2) is 0 Å². The number of hydrogen-bond donors (Lipinski definition) is 0. The average molecular weight is 526 g/mol. The van der Waals surface area contributed by atoms with E-state index in [1.807, 2.05) is 42.8 Å². The lowest BCUT2D eigenvalue weighted by Gasteiger charge is -2.19. The lowest BCUT2D eigenvalue weighted by molar-refractivity contribution is -0.660. The standard InChI is InChI=1S/C36H30FN2O/c1-22-6-16-29-30-17-13-26(21-38)33(35(30)40-34(29)32(22)31-20-28(37)18-19-39(31)5)25-9-7-23(8-10-25)24-11-14-27(15-12-24)36(2,3)4/h6-20H,1-5H3/q+1. The Balaban J connectivity index is 1.52. The lowest BCUT2D eigenvalue weighted by Crippen LogP contribution is -2.30. The van der Waals surface area contributed by atoms with Gasteiger partial charge in [-0.1, -0.05) is 81.4 Å². The minimum Gasteiger partial charge on any atom is -0.454 e. The Labute approximate surface area is 233 Å². The number of hydrogen-bond acceptors (Lipinski definition) is 2. The molecule has 0 spiro atoms. The van der Waals surface area contributed by atoms with Gasteiger partial charge in [0.2, 0.25) is 5.69 Å². The Morgan fingerprint density at radius 3 is 1.95 bits per heavy atom. The van der Waals surface area contributed by atoms with Crippen molar-refractivity contribution in [2.24, 2.45) is 7.05 Å². The molecule has 2 heterocycles. The second-order valence-electron chi connectivity index (χ2n) is 11.5. The molecule has 0 aliphatic carbocycles. The first-order valence-corrected chi connectivity index (χ1v) is 13.4. The van der Waals surface area contributed by atoms with E-state index in [4.69, 9.17) is 4.42 Å². The van der Waals surface area contributed by atoms with Crippen molar-refractivity contribution in [1.82, 2.24) is 0 Å². The molecule has 0 unspecified atom stereocenters. The molecule has 6 rings (SSSR count). The van der Waals surface area contributed by atoms with Gasteiger partial charge >= 0.3 is 0 Å². The van der Waals surface area contributed by atoms with Gasteiger partial charge in [-0.15, -0.1) is 0 Å². The molecule has 0 N–H and O–H groups in total. The quantitative estimate of drug-likeness (QED) is 0.216. The average Bonchev–Trinajstić information content (AvgIpc) is 3.32. The van der Waals surface area contributed by atoms with E-state index < -0.39 is 0 Å². The monoisotopic (exact) mass is 525 g/mol. The predicted molar refractivity (Wildman–Crippen MR) is 159 cm³/mol. The highest BCUT2D eigenvalue weighted by Gasteiger charge is 2.23. The van der Waals surface area contributed by atoms with Crippen LogP contribution in [0.3, 0.4) is 0 Å². The van der Waals surface area contributed by atoms with Crippen LogP contribution in [0.15, 0.2) is 95.5 Å². The number of pyridine rings is 1. The fraction of sp³-hybridized carbons (Fsp3) is 0.167. The molecule has 0 aliphatic rings. The zero-order valence-corrected chi connectivity index (χ0v) is 23.3. The van der Waals surface area contributed by atoms with Crippen molar-refractivity contribution >= 4 is 21.9 Å². The molecule has 4 heteroatoms. The summed E-state index contributed by atoms with van der Waals surface area (Å²) in [5, 5.41) is 11.9. The summed E-state index contributed by atoms with van der Waals surface area (Å²) in [5.41, 5.74) is 9.76. The van der Waals surface area contributed by atoms with Gasteiger partial charge < -0.3 is 4.42 Å². The highest BCUT2D eigenvalue weighted by Crippen LogP contribution is 2.42. The SMILES string of the molecule is Cc1ccc2c(oc3c(-c4ccc(-c5ccc(C(C)(C)C)cc5)cc4)c(C#N)ccc32)c1-c1cc(F)cc[n+]1C. The van der Waals surface area contributed by atoms with Crippen molar-refractivity contribution in [3.63, 3.8) is 0 Å². The summed E-state index contributed by atoms with van der Waals surface area (Å²) in [6.07, 6.45) is 1.71. The topological polar surface area (TPSA) is 40.8 Å². The fourth-order valence-electron chi connectivity index (χ4n) is 5.48. The number of nitriles is 1. The van der Waals surface area contributed by atoms with Crippen molar-refractivity contribution < 1.29 is 13.4 Å². The van der Waals surface area contributed by atoms with Crippen molar-refractivity contribution in [3.8, 4) is 39.6 Å². The number of nitrogens with zero attached hydrogens (tertiary/aromatic N) is 2. The fourth-order valence-corrected chi connectivity index (χ4v) is 5.48. The van der Waals surface area contributed by atoms with Gasteiger partial charge in [0, 0.05) is 28.5 Å². The largest absolute Gasteiger partial charge is 0.454 e. The van der Waals surface area contributed by atoms with Crippen LogP contribution in [0.5, 0.6) is 0 Å². The summed E-state index contributed by atoms with van der Waals surface area (Å²) >= 11 is 0. The molecule has 196 valence electrons. The first kappa shape index (κ1) is 25.5. The number of fused-ring (bicyclic) bond motifs is 3. The Morgan fingerprint density at radius 1 is 0.750 bits per heavy atom. The molecule has 0 saturated carbocycles. The molecule has 3 nitrogen and oxygen atoms in total. The van der Waals surface area contributed by atoms with Crippen molar-refractivity contribution in [2.45, 2.75) is 33.1 Å². The molecular weight excluding hydrogens is 495 g/mol. The summed E-state index contributed by atoms with van der Waals surface area (Å²) in [7, 11) is 1.90. The van der Waals surface area contributed by atoms with E-state index in [0.29, 0.717) is 16.7 Å². The number of rotatable bonds is 3. The predicted octanol–water partition coefficient (Wildman–Crippen LogP) is 9.03. The first-order valence-electron chi connectivity index (χ1n) is 13.4. The molecule has 0 aliphatic heterocycles. The molecule has 0 saturated heterocycles.